The lowest BCUT2D eigenvalue weighted by atomic mass is 9.72. The monoisotopic (exact) mass is 262 g/mol. The van der Waals surface area contributed by atoms with E-state index in [0.29, 0.717) is 6.42 Å². The third kappa shape index (κ3) is 4.52. The summed E-state index contributed by atoms with van der Waals surface area (Å²) in [5.41, 5.74) is 1.71. The highest BCUT2D eigenvalue weighted by Gasteiger charge is 2.26. The zero-order valence-corrected chi connectivity index (χ0v) is 11.8. The number of carbonyl (C=O) groups is 1. The van der Waals surface area contributed by atoms with Crippen molar-refractivity contribution in [2.75, 3.05) is 0 Å². The maximum absolute atomic E-state index is 10.4. The van der Waals surface area contributed by atoms with Gasteiger partial charge in [-0.1, -0.05) is 49.5 Å². The Balaban J connectivity index is 1.66. The molecule has 0 aromatic heterocycles. The Kier molecular flexibility index (Phi) is 5.68. The predicted octanol–water partition coefficient (Wildman–Crippen LogP) is 4.71. The lowest BCUT2D eigenvalue weighted by Gasteiger charge is -2.33. The molecule has 0 amide bonds. The van der Waals surface area contributed by atoms with Crippen LogP contribution in [-0.4, -0.2) is 11.1 Å². The molecule has 19 heavy (non-hydrogen) atoms. The highest BCUT2D eigenvalue weighted by molar-refractivity contribution is 5.66. The molecule has 0 radical (unpaired) electrons. The van der Waals surface area contributed by atoms with Crippen LogP contribution in [0.25, 0.3) is 0 Å². The molecule has 2 aliphatic carbocycles. The van der Waals surface area contributed by atoms with Gasteiger partial charge >= 0.3 is 5.97 Å². The average molecular weight is 262 g/mol. The Morgan fingerprint density at radius 3 is 2.89 bits per heavy atom. The molecule has 1 N–H and O–H groups in total. The van der Waals surface area contributed by atoms with Gasteiger partial charge in [0.2, 0.25) is 0 Å². The summed E-state index contributed by atoms with van der Waals surface area (Å²) in [6.07, 6.45) is 18.3. The van der Waals surface area contributed by atoms with Gasteiger partial charge in [-0.15, -0.1) is 0 Å². The molecule has 2 heteroatoms. The van der Waals surface area contributed by atoms with Crippen LogP contribution in [0.4, 0.5) is 0 Å². The van der Waals surface area contributed by atoms with Gasteiger partial charge in [-0.2, -0.15) is 0 Å². The smallest absolute Gasteiger partial charge is 0.303 e. The van der Waals surface area contributed by atoms with Gasteiger partial charge in [0, 0.05) is 6.42 Å². The van der Waals surface area contributed by atoms with E-state index < -0.39 is 5.97 Å². The van der Waals surface area contributed by atoms with Crippen molar-refractivity contribution in [2.45, 2.75) is 64.2 Å². The third-order valence-electron chi connectivity index (χ3n) is 4.59. The molecular weight excluding hydrogens is 236 g/mol. The summed E-state index contributed by atoms with van der Waals surface area (Å²) >= 11 is 0. The predicted molar refractivity (Wildman–Crippen MR) is 78.0 cm³/mol. The molecular formula is C17H26O2. The number of allylic oxidation sites excluding steroid dienone is 4. The highest BCUT2D eigenvalue weighted by Crippen LogP contribution is 2.40. The summed E-state index contributed by atoms with van der Waals surface area (Å²) in [5.74, 6) is 0.980. The van der Waals surface area contributed by atoms with E-state index in [2.05, 4.69) is 18.2 Å². The molecule has 106 valence electrons. The molecule has 0 spiro atoms. The van der Waals surface area contributed by atoms with Crippen molar-refractivity contribution in [3.05, 3.63) is 23.8 Å². The van der Waals surface area contributed by atoms with E-state index in [1.54, 1.807) is 5.57 Å². The average Bonchev–Trinajstić information content (AvgIpc) is 2.42. The molecule has 2 rings (SSSR count). The topological polar surface area (TPSA) is 37.3 Å². The number of carboxylic acids is 1. The zero-order valence-electron chi connectivity index (χ0n) is 11.8. The number of hydrogen-bond acceptors (Lipinski definition) is 1. The molecule has 2 aliphatic rings. The molecule has 2 nitrogen and oxygen atoms in total. The first-order valence-corrected chi connectivity index (χ1v) is 7.86. The Bertz CT molecular complexity index is 354. The van der Waals surface area contributed by atoms with Gasteiger partial charge in [0.1, 0.15) is 0 Å². The van der Waals surface area contributed by atoms with E-state index in [-0.39, 0.29) is 0 Å². The standard InChI is InChI=1S/C17H26O2/c18-17(19)13-4-2-1-3-8-14-10-7-11-15-9-5-6-12-16(14)15/h5-6,12,14-15H,1-4,7-11,13H2,(H,18,19). The largest absolute Gasteiger partial charge is 0.481 e. The van der Waals surface area contributed by atoms with E-state index in [4.69, 9.17) is 5.11 Å². The first-order valence-electron chi connectivity index (χ1n) is 7.86. The SMILES string of the molecule is O=C(O)CCCCCCC1CCCC2CC=CC=C21. The summed E-state index contributed by atoms with van der Waals surface area (Å²) in [6, 6.07) is 0. The van der Waals surface area contributed by atoms with Crippen molar-refractivity contribution in [3.63, 3.8) is 0 Å². The normalized spacial score (nSPS) is 25.8. The van der Waals surface area contributed by atoms with Crippen molar-refractivity contribution < 1.29 is 9.90 Å². The molecule has 0 saturated heterocycles. The second-order valence-corrected chi connectivity index (χ2v) is 6.00. The van der Waals surface area contributed by atoms with Gasteiger partial charge in [0.15, 0.2) is 0 Å². The number of carboxylic acid groups (broad SMARTS) is 1. The fourth-order valence-corrected chi connectivity index (χ4v) is 3.56. The van der Waals surface area contributed by atoms with Crippen LogP contribution in [0.5, 0.6) is 0 Å². The van der Waals surface area contributed by atoms with Crippen LogP contribution in [0.3, 0.4) is 0 Å². The van der Waals surface area contributed by atoms with Gasteiger partial charge in [0.25, 0.3) is 0 Å². The first kappa shape index (κ1) is 14.4. The molecule has 0 aliphatic heterocycles. The summed E-state index contributed by atoms with van der Waals surface area (Å²) in [6.45, 7) is 0. The molecule has 1 fully saturated rings. The Morgan fingerprint density at radius 2 is 2.05 bits per heavy atom. The zero-order chi connectivity index (χ0) is 13.5. The van der Waals surface area contributed by atoms with Crippen molar-refractivity contribution in [3.8, 4) is 0 Å². The summed E-state index contributed by atoms with van der Waals surface area (Å²) < 4.78 is 0. The first-order chi connectivity index (χ1) is 9.27. The third-order valence-corrected chi connectivity index (χ3v) is 4.59. The molecule has 0 aromatic carbocycles. The summed E-state index contributed by atoms with van der Waals surface area (Å²) in [4.78, 5) is 10.4. The summed E-state index contributed by atoms with van der Waals surface area (Å²) in [7, 11) is 0. The van der Waals surface area contributed by atoms with E-state index in [9.17, 15) is 4.79 Å². The van der Waals surface area contributed by atoms with Crippen LogP contribution >= 0.6 is 0 Å². The lowest BCUT2D eigenvalue weighted by molar-refractivity contribution is -0.137. The number of hydrogen-bond donors (Lipinski definition) is 1. The van der Waals surface area contributed by atoms with Crippen molar-refractivity contribution in [2.24, 2.45) is 11.8 Å². The second-order valence-electron chi connectivity index (χ2n) is 6.00. The molecule has 0 bridgehead atoms. The number of unbranched alkanes of at least 4 members (excludes halogenated alkanes) is 3. The second kappa shape index (κ2) is 7.52. The van der Waals surface area contributed by atoms with E-state index >= 15 is 0 Å². The molecule has 2 unspecified atom stereocenters. The van der Waals surface area contributed by atoms with Crippen molar-refractivity contribution >= 4 is 5.97 Å². The van der Waals surface area contributed by atoms with E-state index in [0.717, 1.165) is 24.7 Å². The maximum atomic E-state index is 10.4. The summed E-state index contributed by atoms with van der Waals surface area (Å²) in [5, 5.41) is 8.59. The van der Waals surface area contributed by atoms with Crippen LogP contribution < -0.4 is 0 Å². The van der Waals surface area contributed by atoms with Crippen LogP contribution in [0.2, 0.25) is 0 Å². The van der Waals surface area contributed by atoms with Crippen LogP contribution in [0.15, 0.2) is 23.8 Å². The fraction of sp³-hybridized carbons (Fsp3) is 0.706. The van der Waals surface area contributed by atoms with Crippen LogP contribution in [0, 0.1) is 11.8 Å². The van der Waals surface area contributed by atoms with Crippen molar-refractivity contribution in [1.29, 1.82) is 0 Å². The van der Waals surface area contributed by atoms with E-state index in [1.807, 2.05) is 0 Å². The minimum absolute atomic E-state index is 0.335. The van der Waals surface area contributed by atoms with Crippen LogP contribution in [0.1, 0.15) is 64.2 Å². The maximum Gasteiger partial charge on any atom is 0.303 e. The Labute approximate surface area is 116 Å². The Hall–Kier alpha value is -1.05. The minimum atomic E-state index is -0.658. The Morgan fingerprint density at radius 1 is 1.21 bits per heavy atom. The quantitative estimate of drug-likeness (QED) is 0.674. The van der Waals surface area contributed by atoms with Gasteiger partial charge in [-0.3, -0.25) is 4.79 Å². The molecule has 0 heterocycles. The fourth-order valence-electron chi connectivity index (χ4n) is 3.56. The number of rotatable bonds is 7. The number of fused-ring (bicyclic) bond motifs is 1. The molecule has 0 aromatic rings. The minimum Gasteiger partial charge on any atom is -0.481 e. The van der Waals surface area contributed by atoms with Gasteiger partial charge in [0.05, 0.1) is 0 Å². The van der Waals surface area contributed by atoms with Crippen LogP contribution in [-0.2, 0) is 4.79 Å². The molecule has 2 atom stereocenters. The number of aliphatic carboxylic acids is 1. The molecule has 1 saturated carbocycles. The van der Waals surface area contributed by atoms with Crippen molar-refractivity contribution in [1.82, 2.24) is 0 Å². The lowest BCUT2D eigenvalue weighted by Crippen LogP contribution is -2.20. The van der Waals surface area contributed by atoms with E-state index in [1.165, 1.54) is 44.9 Å². The van der Waals surface area contributed by atoms with Gasteiger partial charge in [-0.25, -0.2) is 0 Å². The van der Waals surface area contributed by atoms with Gasteiger partial charge in [-0.05, 0) is 43.9 Å². The van der Waals surface area contributed by atoms with Gasteiger partial charge < -0.3 is 5.11 Å². The highest BCUT2D eigenvalue weighted by atomic mass is 16.4.